The summed E-state index contributed by atoms with van der Waals surface area (Å²) in [4.78, 5) is 11.4. The van der Waals surface area contributed by atoms with Crippen LogP contribution >= 0.6 is 23.2 Å². The highest BCUT2D eigenvalue weighted by atomic mass is 35.5. The van der Waals surface area contributed by atoms with Crippen molar-refractivity contribution in [2.45, 2.75) is 17.8 Å². The third-order valence-corrected chi connectivity index (χ3v) is 1.82. The fourth-order valence-electron chi connectivity index (χ4n) is 0.773. The summed E-state index contributed by atoms with van der Waals surface area (Å²) in [5.41, 5.74) is 0. The second-order valence-electron chi connectivity index (χ2n) is 2.39. The Morgan fingerprint density at radius 3 is 2.62 bits per heavy atom. The molecule has 1 atom stereocenters. The van der Waals surface area contributed by atoms with E-state index in [2.05, 4.69) is 6.58 Å². The molecule has 5 heteroatoms. The van der Waals surface area contributed by atoms with E-state index >= 15 is 0 Å². The Balaban J connectivity index is 4.51. The maximum Gasteiger partial charge on any atom is 0.257 e. The highest BCUT2D eigenvalue weighted by molar-refractivity contribution is 6.53. The predicted octanol–water partition coefficient (Wildman–Crippen LogP) is 1.72. The molecule has 0 rings (SSSR count). The van der Waals surface area contributed by atoms with Gasteiger partial charge in [0.05, 0.1) is 6.07 Å². The number of halogens is 2. The van der Waals surface area contributed by atoms with Crippen LogP contribution in [0.2, 0.25) is 0 Å². The Kier molecular flexibility index (Phi) is 5.52. The van der Waals surface area contributed by atoms with Gasteiger partial charge >= 0.3 is 0 Å². The van der Waals surface area contributed by atoms with Gasteiger partial charge < -0.3 is 4.90 Å². The van der Waals surface area contributed by atoms with Crippen LogP contribution < -0.4 is 0 Å². The van der Waals surface area contributed by atoms with Gasteiger partial charge in [-0.05, 0) is 6.92 Å². The second-order valence-corrected chi connectivity index (χ2v) is 3.48. The number of nitriles is 1. The molecule has 0 aromatic rings. The average molecular weight is 221 g/mol. The molecular weight excluding hydrogens is 211 g/mol. The highest BCUT2D eigenvalue weighted by Gasteiger charge is 2.23. The van der Waals surface area contributed by atoms with Gasteiger partial charge in [0.25, 0.3) is 5.91 Å². The van der Waals surface area contributed by atoms with Gasteiger partial charge in [-0.1, -0.05) is 29.3 Å². The van der Waals surface area contributed by atoms with Crippen molar-refractivity contribution in [2.75, 3.05) is 6.54 Å². The largest absolute Gasteiger partial charge is 0.321 e. The standard InChI is InChI=1S/C8H10Cl2N2O/c1-3-4-12(6(2)5-11)8(13)7(9)10/h3,6-7H,1,4H2,2H3. The lowest BCUT2D eigenvalue weighted by Gasteiger charge is -2.23. The number of hydrogen-bond donors (Lipinski definition) is 0. The smallest absolute Gasteiger partial charge is 0.257 e. The summed E-state index contributed by atoms with van der Waals surface area (Å²) < 4.78 is 0. The van der Waals surface area contributed by atoms with Crippen molar-refractivity contribution in [1.82, 2.24) is 4.90 Å². The van der Waals surface area contributed by atoms with Crippen LogP contribution in [0, 0.1) is 11.3 Å². The Labute approximate surface area is 87.5 Å². The van der Waals surface area contributed by atoms with E-state index in [0.29, 0.717) is 0 Å². The lowest BCUT2D eigenvalue weighted by atomic mass is 10.3. The Bertz CT molecular complexity index is 235. The maximum atomic E-state index is 11.3. The first-order valence-electron chi connectivity index (χ1n) is 3.63. The zero-order chi connectivity index (χ0) is 10.4. The fraction of sp³-hybridized carbons (Fsp3) is 0.500. The summed E-state index contributed by atoms with van der Waals surface area (Å²) in [7, 11) is 0. The maximum absolute atomic E-state index is 11.3. The van der Waals surface area contributed by atoms with Crippen molar-refractivity contribution in [3.05, 3.63) is 12.7 Å². The highest BCUT2D eigenvalue weighted by Crippen LogP contribution is 2.09. The lowest BCUT2D eigenvalue weighted by Crippen LogP contribution is -2.40. The minimum atomic E-state index is -1.13. The molecule has 0 radical (unpaired) electrons. The van der Waals surface area contributed by atoms with Gasteiger partial charge in [0, 0.05) is 6.54 Å². The Morgan fingerprint density at radius 2 is 2.31 bits per heavy atom. The number of hydrogen-bond acceptors (Lipinski definition) is 2. The van der Waals surface area contributed by atoms with Crippen LogP contribution in [0.1, 0.15) is 6.92 Å². The summed E-state index contributed by atoms with van der Waals surface area (Å²) in [5, 5.41) is 8.60. The minimum absolute atomic E-state index is 0.267. The van der Waals surface area contributed by atoms with E-state index in [4.69, 9.17) is 28.5 Å². The van der Waals surface area contributed by atoms with Crippen LogP contribution in [0.5, 0.6) is 0 Å². The minimum Gasteiger partial charge on any atom is -0.321 e. The molecule has 1 amide bonds. The van der Waals surface area contributed by atoms with E-state index in [-0.39, 0.29) is 6.54 Å². The summed E-state index contributed by atoms with van der Waals surface area (Å²) in [6, 6.07) is 1.38. The first kappa shape index (κ1) is 12.3. The van der Waals surface area contributed by atoms with E-state index in [0.717, 1.165) is 0 Å². The topological polar surface area (TPSA) is 44.1 Å². The van der Waals surface area contributed by atoms with Crippen LogP contribution in [-0.2, 0) is 4.79 Å². The molecule has 0 aromatic carbocycles. The Morgan fingerprint density at radius 1 is 1.77 bits per heavy atom. The van der Waals surface area contributed by atoms with Crippen molar-refractivity contribution < 1.29 is 4.79 Å². The number of nitrogens with zero attached hydrogens (tertiary/aromatic N) is 2. The van der Waals surface area contributed by atoms with Crippen LogP contribution in [0.15, 0.2) is 12.7 Å². The molecule has 3 nitrogen and oxygen atoms in total. The van der Waals surface area contributed by atoms with E-state index in [9.17, 15) is 4.79 Å². The quantitative estimate of drug-likeness (QED) is 0.535. The number of carbonyl (C=O) groups is 1. The molecule has 0 spiro atoms. The van der Waals surface area contributed by atoms with Crippen LogP contribution in [0.4, 0.5) is 0 Å². The normalized spacial score (nSPS) is 11.9. The first-order valence-corrected chi connectivity index (χ1v) is 4.51. The summed E-state index contributed by atoms with van der Waals surface area (Å²) in [5.74, 6) is -0.475. The molecule has 0 heterocycles. The average Bonchev–Trinajstić information content (AvgIpc) is 2.11. The number of carbonyl (C=O) groups excluding carboxylic acids is 1. The number of alkyl halides is 2. The molecule has 0 aliphatic heterocycles. The lowest BCUT2D eigenvalue weighted by molar-refractivity contribution is -0.129. The summed E-state index contributed by atoms with van der Waals surface area (Å²) in [6.07, 6.45) is 1.52. The predicted molar refractivity (Wildman–Crippen MR) is 52.5 cm³/mol. The molecule has 1 unspecified atom stereocenters. The van der Waals surface area contributed by atoms with Crippen molar-refractivity contribution in [3.63, 3.8) is 0 Å². The van der Waals surface area contributed by atoms with E-state index < -0.39 is 16.8 Å². The van der Waals surface area contributed by atoms with Gasteiger partial charge in [-0.25, -0.2) is 0 Å². The molecule has 0 fully saturated rings. The molecule has 0 aromatic heterocycles. The van der Waals surface area contributed by atoms with Gasteiger partial charge in [-0.2, -0.15) is 5.26 Å². The summed E-state index contributed by atoms with van der Waals surface area (Å²) >= 11 is 10.8. The molecule has 0 aliphatic carbocycles. The Hall–Kier alpha value is -0.720. The number of rotatable bonds is 4. The van der Waals surface area contributed by atoms with Crippen molar-refractivity contribution in [3.8, 4) is 6.07 Å². The van der Waals surface area contributed by atoms with Crippen LogP contribution in [0.3, 0.4) is 0 Å². The van der Waals surface area contributed by atoms with Gasteiger partial charge in [-0.15, -0.1) is 6.58 Å². The van der Waals surface area contributed by atoms with Gasteiger partial charge in [0.1, 0.15) is 6.04 Å². The molecule has 72 valence electrons. The molecule has 0 saturated carbocycles. The van der Waals surface area contributed by atoms with Crippen molar-refractivity contribution in [2.24, 2.45) is 0 Å². The zero-order valence-electron chi connectivity index (χ0n) is 7.20. The first-order chi connectivity index (χ1) is 6.04. The molecule has 0 bridgehead atoms. The molecule has 0 N–H and O–H groups in total. The van der Waals surface area contributed by atoms with Gasteiger partial charge in [0.2, 0.25) is 0 Å². The van der Waals surface area contributed by atoms with Crippen molar-refractivity contribution >= 4 is 29.1 Å². The van der Waals surface area contributed by atoms with Crippen LogP contribution in [-0.4, -0.2) is 28.2 Å². The van der Waals surface area contributed by atoms with Crippen molar-refractivity contribution in [1.29, 1.82) is 5.26 Å². The van der Waals surface area contributed by atoms with E-state index in [1.54, 1.807) is 6.92 Å². The van der Waals surface area contributed by atoms with Gasteiger partial charge in [0.15, 0.2) is 4.84 Å². The molecule has 0 saturated heterocycles. The van der Waals surface area contributed by atoms with E-state index in [1.165, 1.54) is 11.0 Å². The third-order valence-electron chi connectivity index (χ3n) is 1.45. The summed E-state index contributed by atoms with van der Waals surface area (Å²) in [6.45, 7) is 5.33. The fourth-order valence-corrected chi connectivity index (χ4v) is 1.02. The van der Waals surface area contributed by atoms with E-state index in [1.807, 2.05) is 6.07 Å². The second kappa shape index (κ2) is 5.85. The molecular formula is C8H10Cl2N2O. The SMILES string of the molecule is C=CCN(C(=O)C(Cl)Cl)C(C)C#N. The number of amides is 1. The van der Waals surface area contributed by atoms with Gasteiger partial charge in [-0.3, -0.25) is 4.79 Å². The molecule has 13 heavy (non-hydrogen) atoms. The molecule has 0 aliphatic rings. The monoisotopic (exact) mass is 220 g/mol. The zero-order valence-corrected chi connectivity index (χ0v) is 8.72. The van der Waals surface area contributed by atoms with Crippen LogP contribution in [0.25, 0.3) is 0 Å². The third kappa shape index (κ3) is 3.67.